The normalized spacial score (nSPS) is 15.9. The minimum absolute atomic E-state index is 0.210. The second kappa shape index (κ2) is 6.61. The average molecular weight is 290 g/mol. The zero-order valence-corrected chi connectivity index (χ0v) is 13.2. The first-order chi connectivity index (χ1) is 8.37. The largest absolute Gasteiger partial charge is 0.480 e. The standard InChI is InChI=1S/C13H26N2O3S/c1-12(2,3)8(10(15)16)6-13(4,5)19-7-9(14)11(17)18/h8-9H,6-7,14H2,1-5H3,(H2,15,16)(H,17,18). The first-order valence-corrected chi connectivity index (χ1v) is 7.27. The van der Waals surface area contributed by atoms with Gasteiger partial charge < -0.3 is 16.6 Å². The summed E-state index contributed by atoms with van der Waals surface area (Å²) < 4.78 is -0.250. The molecule has 0 fully saturated rings. The molecule has 0 rings (SSSR count). The fourth-order valence-corrected chi connectivity index (χ4v) is 2.83. The number of nitrogens with two attached hydrogens (primary N) is 2. The van der Waals surface area contributed by atoms with E-state index in [-0.39, 0.29) is 22.0 Å². The third-order valence-electron chi connectivity index (χ3n) is 3.06. The van der Waals surface area contributed by atoms with Crippen LogP contribution >= 0.6 is 11.8 Å². The number of carboxylic acids is 1. The van der Waals surface area contributed by atoms with E-state index < -0.39 is 12.0 Å². The topological polar surface area (TPSA) is 106 Å². The maximum Gasteiger partial charge on any atom is 0.321 e. The molecule has 0 heterocycles. The third-order valence-corrected chi connectivity index (χ3v) is 4.53. The van der Waals surface area contributed by atoms with E-state index in [2.05, 4.69) is 0 Å². The lowest BCUT2D eigenvalue weighted by Gasteiger charge is -2.35. The van der Waals surface area contributed by atoms with E-state index in [1.54, 1.807) is 0 Å². The molecule has 1 amide bonds. The van der Waals surface area contributed by atoms with E-state index >= 15 is 0 Å². The number of rotatable bonds is 7. The highest BCUT2D eigenvalue weighted by molar-refractivity contribution is 8.00. The van der Waals surface area contributed by atoms with Crippen LogP contribution in [0.25, 0.3) is 0 Å². The molecule has 2 atom stereocenters. The van der Waals surface area contributed by atoms with Crippen LogP contribution in [0, 0.1) is 11.3 Å². The predicted octanol–water partition coefficient (Wildman–Crippen LogP) is 1.45. The maximum absolute atomic E-state index is 11.6. The van der Waals surface area contributed by atoms with Crippen molar-refractivity contribution in [3.63, 3.8) is 0 Å². The van der Waals surface area contributed by atoms with E-state index in [9.17, 15) is 9.59 Å². The Kier molecular flexibility index (Phi) is 6.35. The van der Waals surface area contributed by atoms with Crippen molar-refractivity contribution in [2.45, 2.75) is 51.8 Å². The fourth-order valence-electron chi connectivity index (χ4n) is 1.77. The summed E-state index contributed by atoms with van der Waals surface area (Å²) in [7, 11) is 0. The summed E-state index contributed by atoms with van der Waals surface area (Å²) in [5.41, 5.74) is 10.7. The molecule has 5 N–H and O–H groups in total. The molecule has 112 valence electrons. The highest BCUT2D eigenvalue weighted by atomic mass is 32.2. The van der Waals surface area contributed by atoms with Crippen molar-refractivity contribution >= 4 is 23.6 Å². The van der Waals surface area contributed by atoms with Gasteiger partial charge >= 0.3 is 5.97 Å². The summed E-state index contributed by atoms with van der Waals surface area (Å²) in [5, 5.41) is 8.77. The number of carbonyl (C=O) groups is 2. The van der Waals surface area contributed by atoms with Crippen molar-refractivity contribution in [1.82, 2.24) is 0 Å². The summed E-state index contributed by atoms with van der Waals surface area (Å²) in [4.78, 5) is 22.3. The minimum atomic E-state index is -1.01. The number of hydrogen-bond acceptors (Lipinski definition) is 4. The molecule has 0 aliphatic heterocycles. The predicted molar refractivity (Wildman–Crippen MR) is 78.9 cm³/mol. The molecule has 0 aromatic carbocycles. The second-order valence-corrected chi connectivity index (χ2v) is 8.27. The highest BCUT2D eigenvalue weighted by Gasteiger charge is 2.35. The SMILES string of the molecule is CC(C)(CC(C(N)=O)C(C)(C)C)SCC(N)C(=O)O. The van der Waals surface area contributed by atoms with Gasteiger partial charge in [-0.2, -0.15) is 11.8 Å². The second-order valence-electron chi connectivity index (χ2n) is 6.54. The molecule has 0 saturated carbocycles. The van der Waals surface area contributed by atoms with Crippen molar-refractivity contribution in [2.24, 2.45) is 22.8 Å². The summed E-state index contributed by atoms with van der Waals surface area (Å²) in [6.07, 6.45) is 0.600. The summed E-state index contributed by atoms with van der Waals surface area (Å²) in [6.45, 7) is 9.90. The number of hydrogen-bond donors (Lipinski definition) is 3. The lowest BCUT2D eigenvalue weighted by Crippen LogP contribution is -2.39. The zero-order chi connectivity index (χ0) is 15.4. The number of primary amides is 1. The number of aliphatic carboxylic acids is 1. The van der Waals surface area contributed by atoms with E-state index in [1.165, 1.54) is 11.8 Å². The Hall–Kier alpha value is -0.750. The van der Waals surface area contributed by atoms with Gasteiger partial charge in [0, 0.05) is 16.4 Å². The zero-order valence-electron chi connectivity index (χ0n) is 12.4. The van der Waals surface area contributed by atoms with Gasteiger partial charge in [-0.25, -0.2) is 0 Å². The number of amides is 1. The van der Waals surface area contributed by atoms with E-state index in [1.807, 2.05) is 34.6 Å². The van der Waals surface area contributed by atoms with Crippen molar-refractivity contribution in [3.8, 4) is 0 Å². The Bertz CT molecular complexity index is 337. The van der Waals surface area contributed by atoms with E-state index in [4.69, 9.17) is 16.6 Å². The van der Waals surface area contributed by atoms with Crippen molar-refractivity contribution in [3.05, 3.63) is 0 Å². The van der Waals surface area contributed by atoms with Crippen LogP contribution < -0.4 is 11.5 Å². The monoisotopic (exact) mass is 290 g/mol. The lowest BCUT2D eigenvalue weighted by atomic mass is 9.75. The van der Waals surface area contributed by atoms with Gasteiger partial charge in [-0.1, -0.05) is 34.6 Å². The molecule has 0 aromatic rings. The first kappa shape index (κ1) is 18.2. The summed E-state index contributed by atoms with van der Waals surface area (Å²) in [6, 6.07) is -0.883. The molecule has 6 heteroatoms. The molecule has 0 spiro atoms. The van der Waals surface area contributed by atoms with Crippen LogP contribution in [0.1, 0.15) is 41.0 Å². The number of carboxylic acid groups (broad SMARTS) is 1. The van der Waals surface area contributed by atoms with Crippen LogP contribution in [0.2, 0.25) is 0 Å². The molecule has 5 nitrogen and oxygen atoms in total. The maximum atomic E-state index is 11.6. The molecule has 0 aliphatic rings. The minimum Gasteiger partial charge on any atom is -0.480 e. The van der Waals surface area contributed by atoms with Crippen molar-refractivity contribution in [2.75, 3.05) is 5.75 Å². The lowest BCUT2D eigenvalue weighted by molar-refractivity contribution is -0.138. The number of thioether (sulfide) groups is 1. The number of carbonyl (C=O) groups excluding carboxylic acids is 1. The Morgan fingerprint density at radius 1 is 1.21 bits per heavy atom. The van der Waals surface area contributed by atoms with Crippen LogP contribution in [-0.2, 0) is 9.59 Å². The van der Waals surface area contributed by atoms with E-state index in [0.717, 1.165) is 0 Å². The molecule has 0 aromatic heterocycles. The van der Waals surface area contributed by atoms with Crippen molar-refractivity contribution in [1.29, 1.82) is 0 Å². The van der Waals surface area contributed by atoms with Crippen LogP contribution in [-0.4, -0.2) is 33.5 Å². The van der Waals surface area contributed by atoms with Crippen LogP contribution in [0.4, 0.5) is 0 Å². The van der Waals surface area contributed by atoms with Gasteiger partial charge in [0.25, 0.3) is 0 Å². The molecule has 0 bridgehead atoms. The fraction of sp³-hybridized carbons (Fsp3) is 0.846. The van der Waals surface area contributed by atoms with Crippen molar-refractivity contribution < 1.29 is 14.7 Å². The first-order valence-electron chi connectivity index (χ1n) is 6.28. The van der Waals surface area contributed by atoms with Gasteiger partial charge in [-0.15, -0.1) is 0 Å². The quantitative estimate of drug-likeness (QED) is 0.658. The molecular weight excluding hydrogens is 264 g/mol. The van der Waals surface area contributed by atoms with Gasteiger partial charge in [0.05, 0.1) is 0 Å². The van der Waals surface area contributed by atoms with E-state index in [0.29, 0.717) is 12.2 Å². The average Bonchev–Trinajstić information content (AvgIpc) is 2.20. The van der Waals surface area contributed by atoms with Crippen LogP contribution in [0.5, 0.6) is 0 Å². The molecule has 0 saturated heterocycles. The van der Waals surface area contributed by atoms with Crippen LogP contribution in [0.15, 0.2) is 0 Å². The van der Waals surface area contributed by atoms with Gasteiger partial charge in [-0.3, -0.25) is 9.59 Å². The van der Waals surface area contributed by atoms with Crippen LogP contribution in [0.3, 0.4) is 0 Å². The molecule has 0 radical (unpaired) electrons. The van der Waals surface area contributed by atoms with Gasteiger partial charge in [0.2, 0.25) is 5.91 Å². The van der Waals surface area contributed by atoms with Gasteiger partial charge in [-0.05, 0) is 11.8 Å². The third kappa shape index (κ3) is 6.82. The van der Waals surface area contributed by atoms with Gasteiger partial charge in [0.15, 0.2) is 0 Å². The molecule has 0 aliphatic carbocycles. The molecular formula is C13H26N2O3S. The van der Waals surface area contributed by atoms with Gasteiger partial charge in [0.1, 0.15) is 6.04 Å². The smallest absolute Gasteiger partial charge is 0.321 e. The Labute approximate surface area is 119 Å². The summed E-state index contributed by atoms with van der Waals surface area (Å²) >= 11 is 1.46. The molecule has 2 unspecified atom stereocenters. The Morgan fingerprint density at radius 3 is 2.00 bits per heavy atom. The Morgan fingerprint density at radius 2 is 1.68 bits per heavy atom. The Balaban J connectivity index is 4.65. The highest BCUT2D eigenvalue weighted by Crippen LogP contribution is 2.38. The molecule has 19 heavy (non-hydrogen) atoms. The summed E-state index contributed by atoms with van der Waals surface area (Å²) in [5.74, 6) is -1.26.